The van der Waals surface area contributed by atoms with Crippen molar-refractivity contribution in [1.82, 2.24) is 10.3 Å². The van der Waals surface area contributed by atoms with Gasteiger partial charge in [0.1, 0.15) is 6.20 Å². The molecule has 0 atom stereocenters. The first-order chi connectivity index (χ1) is 11.1. The molecule has 6 rings (SSSR count). The van der Waals surface area contributed by atoms with E-state index in [9.17, 15) is 9.18 Å². The number of amides is 1. The summed E-state index contributed by atoms with van der Waals surface area (Å²) in [5, 5.41) is 3.33. The highest BCUT2D eigenvalue weighted by Gasteiger charge is 2.52. The zero-order valence-corrected chi connectivity index (χ0v) is 13.0. The van der Waals surface area contributed by atoms with Crippen LogP contribution in [0.4, 0.5) is 4.39 Å². The van der Waals surface area contributed by atoms with E-state index in [4.69, 9.17) is 0 Å². The van der Waals surface area contributed by atoms with Gasteiger partial charge in [0.05, 0.1) is 6.20 Å². The first kappa shape index (κ1) is 13.5. The fourth-order valence-corrected chi connectivity index (χ4v) is 5.77. The van der Waals surface area contributed by atoms with Gasteiger partial charge in [-0.3, -0.25) is 4.79 Å². The minimum absolute atomic E-state index is 0.0306. The van der Waals surface area contributed by atoms with E-state index >= 15 is 0 Å². The highest BCUT2D eigenvalue weighted by atomic mass is 19.1. The highest BCUT2D eigenvalue weighted by Crippen LogP contribution is 2.55. The number of carbonyl (C=O) groups is 1. The van der Waals surface area contributed by atoms with Gasteiger partial charge in [-0.25, -0.2) is 9.37 Å². The molecule has 0 radical (unpaired) electrons. The lowest BCUT2D eigenvalue weighted by Gasteiger charge is -2.56. The molecule has 23 heavy (non-hydrogen) atoms. The molecule has 2 N–H and O–H groups in total. The van der Waals surface area contributed by atoms with Crippen LogP contribution in [0.1, 0.15) is 49.1 Å². The van der Waals surface area contributed by atoms with Crippen LogP contribution in [-0.4, -0.2) is 16.4 Å². The van der Waals surface area contributed by atoms with E-state index in [-0.39, 0.29) is 17.3 Å². The van der Waals surface area contributed by atoms with Crippen molar-refractivity contribution >= 4 is 11.4 Å². The van der Waals surface area contributed by atoms with Crippen molar-refractivity contribution in [3.8, 4) is 0 Å². The maximum atomic E-state index is 13.8. The molecule has 5 heteroatoms. The number of fused-ring (bicyclic) bond motifs is 1. The first-order valence-electron chi connectivity index (χ1n) is 8.62. The van der Waals surface area contributed by atoms with Crippen LogP contribution in [0, 0.1) is 23.6 Å². The fourth-order valence-electron chi connectivity index (χ4n) is 5.77. The number of H-pyrrole nitrogens is 1. The number of hydrogen-bond donors (Lipinski definition) is 2. The van der Waals surface area contributed by atoms with Crippen LogP contribution >= 0.6 is 0 Å². The van der Waals surface area contributed by atoms with Crippen LogP contribution in [-0.2, 0) is 0 Å². The topological polar surface area (TPSA) is 49.0 Å². The van der Waals surface area contributed by atoms with Crippen LogP contribution in [0.15, 0.2) is 24.5 Å². The maximum absolute atomic E-state index is 13.8. The average molecular weight is 314 g/mol. The Kier molecular flexibility index (Phi) is 2.68. The molecule has 2 aromatic heterocycles. The van der Waals surface area contributed by atoms with Crippen LogP contribution in [0.3, 0.4) is 0 Å². The molecule has 0 spiro atoms. The molecular weight excluding hydrogens is 293 g/mol. The van der Waals surface area contributed by atoms with Gasteiger partial charge in [-0.1, -0.05) is 0 Å². The molecule has 4 aliphatic carbocycles. The maximum Gasteiger partial charge on any atom is 0.350 e. The molecule has 4 saturated carbocycles. The minimum atomic E-state index is -0.322. The Morgan fingerprint density at radius 1 is 1.22 bits per heavy atom. The zero-order chi connectivity index (χ0) is 15.6. The predicted molar refractivity (Wildman–Crippen MR) is 82.3 cm³/mol. The van der Waals surface area contributed by atoms with Crippen molar-refractivity contribution in [3.63, 3.8) is 0 Å². The van der Waals surface area contributed by atoms with Gasteiger partial charge >= 0.3 is 11.7 Å². The summed E-state index contributed by atoms with van der Waals surface area (Å²) in [6, 6.07) is 3.03. The summed E-state index contributed by atoms with van der Waals surface area (Å²) >= 11 is 0. The van der Waals surface area contributed by atoms with Gasteiger partial charge in [0.2, 0.25) is 5.52 Å². The molecule has 2 aromatic rings. The lowest BCUT2D eigenvalue weighted by atomic mass is 9.53. The lowest BCUT2D eigenvalue weighted by Crippen LogP contribution is -2.60. The molecular formula is C18H21FN3O+. The van der Waals surface area contributed by atoms with Crippen LogP contribution < -0.4 is 9.72 Å². The van der Waals surface area contributed by atoms with E-state index in [1.165, 1.54) is 25.3 Å². The van der Waals surface area contributed by atoms with Gasteiger partial charge in [0.25, 0.3) is 0 Å². The number of pyridine rings is 1. The Morgan fingerprint density at radius 2 is 1.87 bits per heavy atom. The van der Waals surface area contributed by atoms with Gasteiger partial charge in [-0.15, -0.1) is 0 Å². The van der Waals surface area contributed by atoms with Crippen molar-refractivity contribution in [2.24, 2.45) is 17.8 Å². The molecule has 0 saturated heterocycles. The largest absolute Gasteiger partial charge is 0.350 e. The number of imidazole rings is 1. The summed E-state index contributed by atoms with van der Waals surface area (Å²) in [6.07, 6.45) is 10.7. The number of nitrogens with zero attached hydrogens (tertiary/aromatic N) is 1. The summed E-state index contributed by atoms with van der Waals surface area (Å²) in [7, 11) is 0. The average Bonchev–Trinajstić information content (AvgIpc) is 2.90. The molecule has 4 aliphatic rings. The third-order valence-corrected chi connectivity index (χ3v) is 6.20. The van der Waals surface area contributed by atoms with Gasteiger partial charge in [-0.2, -0.15) is 4.40 Å². The highest BCUT2D eigenvalue weighted by molar-refractivity contribution is 5.90. The summed E-state index contributed by atoms with van der Waals surface area (Å²) in [6.45, 7) is 0. The van der Waals surface area contributed by atoms with Crippen molar-refractivity contribution in [1.29, 1.82) is 0 Å². The second-order valence-electron chi connectivity index (χ2n) is 7.90. The monoisotopic (exact) mass is 314 g/mol. The van der Waals surface area contributed by atoms with Crippen molar-refractivity contribution in [3.05, 3.63) is 36.2 Å². The standard InChI is InChI=1S/C18H20FN3O/c19-14-2-1-3-22-15(14)10-20-16(22)17(23)21-18-7-11-4-12(8-18)6-13(5-11)9-18/h1-3,10-13H,4-9H2,(H,21,23)/p+1. The molecule has 0 unspecified atom stereocenters. The van der Waals surface area contributed by atoms with E-state index in [1.807, 2.05) is 0 Å². The third-order valence-electron chi connectivity index (χ3n) is 6.20. The first-order valence-corrected chi connectivity index (χ1v) is 8.62. The fraction of sp³-hybridized carbons (Fsp3) is 0.556. The van der Waals surface area contributed by atoms with Gasteiger partial charge in [-0.05, 0) is 68.4 Å². The Morgan fingerprint density at radius 3 is 2.52 bits per heavy atom. The molecule has 0 aromatic carbocycles. The number of halogens is 1. The molecule has 0 aliphatic heterocycles. The van der Waals surface area contributed by atoms with Crippen molar-refractivity contribution in [2.75, 3.05) is 0 Å². The quantitative estimate of drug-likeness (QED) is 0.823. The molecule has 2 heterocycles. The molecule has 4 fully saturated rings. The Hall–Kier alpha value is -1.91. The molecule has 1 amide bonds. The van der Waals surface area contributed by atoms with E-state index in [2.05, 4.69) is 10.3 Å². The van der Waals surface area contributed by atoms with E-state index < -0.39 is 0 Å². The third kappa shape index (κ3) is 2.02. The van der Waals surface area contributed by atoms with Gasteiger partial charge in [0, 0.05) is 5.54 Å². The second kappa shape index (κ2) is 4.56. The van der Waals surface area contributed by atoms with Crippen LogP contribution in [0.2, 0.25) is 0 Å². The zero-order valence-electron chi connectivity index (χ0n) is 13.0. The lowest BCUT2D eigenvalue weighted by molar-refractivity contribution is -0.515. The predicted octanol–water partition coefficient (Wildman–Crippen LogP) is 2.59. The number of aromatic amines is 1. The second-order valence-corrected chi connectivity index (χ2v) is 7.90. The normalized spacial score (nSPS) is 34.9. The molecule has 4 bridgehead atoms. The number of carbonyl (C=O) groups excluding carboxylic acids is 1. The SMILES string of the molecule is O=C(NC12CC3CC(CC(C3)C1)C2)c1[nH]cc2c(F)ccc[n+]12. The van der Waals surface area contributed by atoms with Gasteiger partial charge < -0.3 is 5.32 Å². The van der Waals surface area contributed by atoms with Crippen molar-refractivity contribution < 1.29 is 13.6 Å². The minimum Gasteiger partial charge on any atom is -0.340 e. The van der Waals surface area contributed by atoms with Gasteiger partial charge in [0.15, 0.2) is 5.82 Å². The van der Waals surface area contributed by atoms with Crippen molar-refractivity contribution in [2.45, 2.75) is 44.1 Å². The van der Waals surface area contributed by atoms with E-state index in [0.717, 1.165) is 37.0 Å². The van der Waals surface area contributed by atoms with E-state index in [0.29, 0.717) is 11.3 Å². The smallest absolute Gasteiger partial charge is 0.340 e. The number of nitrogens with one attached hydrogen (secondary N) is 2. The number of hydrogen-bond acceptors (Lipinski definition) is 1. The number of rotatable bonds is 2. The number of aromatic nitrogens is 2. The van der Waals surface area contributed by atoms with Crippen LogP contribution in [0.25, 0.3) is 5.52 Å². The van der Waals surface area contributed by atoms with Crippen LogP contribution in [0.5, 0.6) is 0 Å². The molecule has 120 valence electrons. The molecule has 4 nitrogen and oxygen atoms in total. The summed E-state index contributed by atoms with van der Waals surface area (Å²) in [5.41, 5.74) is 0.375. The Bertz CT molecular complexity index is 761. The van der Waals surface area contributed by atoms with E-state index in [1.54, 1.807) is 22.9 Å². The summed E-state index contributed by atoms with van der Waals surface area (Å²) < 4.78 is 15.4. The Labute approximate surface area is 134 Å². The summed E-state index contributed by atoms with van der Waals surface area (Å²) in [4.78, 5) is 15.8. The Balaban J connectivity index is 1.46. The summed E-state index contributed by atoms with van der Waals surface area (Å²) in [5.74, 6) is 2.33.